The highest BCUT2D eigenvalue weighted by Gasteiger charge is 2.44. The SMILES string of the molecule is C=C(C)C(=O)O[C@@H]1C/C(C)=C/[C@@H](O)[C@H](O)/C(C)=C/[C@H]2OC(=O)C(=C)[C@@H]21. The summed E-state index contributed by atoms with van der Waals surface area (Å²) < 4.78 is 10.9. The molecular formula is C19H24O6. The molecule has 0 aromatic rings. The molecule has 1 fully saturated rings. The first-order valence-corrected chi connectivity index (χ1v) is 8.09. The highest BCUT2D eigenvalue weighted by Crippen LogP contribution is 2.36. The maximum Gasteiger partial charge on any atom is 0.334 e. The van der Waals surface area contributed by atoms with Crippen molar-refractivity contribution in [3.63, 3.8) is 0 Å². The van der Waals surface area contributed by atoms with Gasteiger partial charge in [-0.15, -0.1) is 0 Å². The molecule has 136 valence electrons. The Bertz CT molecular complexity index is 671. The van der Waals surface area contributed by atoms with E-state index in [9.17, 15) is 19.8 Å². The second-order valence-corrected chi connectivity index (χ2v) is 6.71. The van der Waals surface area contributed by atoms with Gasteiger partial charge >= 0.3 is 11.9 Å². The first-order chi connectivity index (χ1) is 11.6. The van der Waals surface area contributed by atoms with Crippen molar-refractivity contribution in [2.24, 2.45) is 5.92 Å². The zero-order valence-electron chi connectivity index (χ0n) is 14.7. The molecule has 0 saturated carbocycles. The van der Waals surface area contributed by atoms with E-state index < -0.39 is 42.3 Å². The van der Waals surface area contributed by atoms with E-state index in [0.29, 0.717) is 11.1 Å². The van der Waals surface area contributed by atoms with Crippen LogP contribution >= 0.6 is 0 Å². The number of esters is 2. The Kier molecular flexibility index (Phi) is 5.65. The molecule has 1 heterocycles. The number of aliphatic hydroxyl groups excluding tert-OH is 2. The molecule has 25 heavy (non-hydrogen) atoms. The third kappa shape index (κ3) is 4.08. The lowest BCUT2D eigenvalue weighted by atomic mass is 9.84. The quantitative estimate of drug-likeness (QED) is 0.447. The van der Waals surface area contributed by atoms with Crippen LogP contribution in [0.5, 0.6) is 0 Å². The Hall–Kier alpha value is -2.18. The fourth-order valence-electron chi connectivity index (χ4n) is 3.06. The number of rotatable bonds is 2. The van der Waals surface area contributed by atoms with Gasteiger partial charge in [0.05, 0.1) is 5.92 Å². The molecular weight excluding hydrogens is 324 g/mol. The summed E-state index contributed by atoms with van der Waals surface area (Å²) in [6, 6.07) is 0. The molecule has 2 aliphatic rings. The number of hydrogen-bond acceptors (Lipinski definition) is 6. The topological polar surface area (TPSA) is 93.1 Å². The number of carbonyl (C=O) groups is 2. The molecule has 1 aliphatic carbocycles. The monoisotopic (exact) mass is 348 g/mol. The van der Waals surface area contributed by atoms with Crippen molar-refractivity contribution < 1.29 is 29.3 Å². The highest BCUT2D eigenvalue weighted by molar-refractivity contribution is 5.91. The minimum atomic E-state index is -1.11. The van der Waals surface area contributed by atoms with E-state index in [1.54, 1.807) is 19.9 Å². The molecule has 0 bridgehead atoms. The predicted octanol–water partition coefficient (Wildman–Crippen LogP) is 1.59. The van der Waals surface area contributed by atoms with Gasteiger partial charge in [0.15, 0.2) is 0 Å². The van der Waals surface area contributed by atoms with Crippen LogP contribution in [0.25, 0.3) is 0 Å². The van der Waals surface area contributed by atoms with Crippen molar-refractivity contribution in [3.8, 4) is 0 Å². The highest BCUT2D eigenvalue weighted by atomic mass is 16.6. The summed E-state index contributed by atoms with van der Waals surface area (Å²) in [4.78, 5) is 24.0. The maximum atomic E-state index is 12.0. The molecule has 1 aliphatic heterocycles. The van der Waals surface area contributed by atoms with E-state index in [2.05, 4.69) is 13.2 Å². The van der Waals surface area contributed by atoms with E-state index >= 15 is 0 Å². The molecule has 6 nitrogen and oxygen atoms in total. The van der Waals surface area contributed by atoms with E-state index in [1.807, 2.05) is 0 Å². The van der Waals surface area contributed by atoms with Gasteiger partial charge in [-0.1, -0.05) is 24.8 Å². The molecule has 0 spiro atoms. The minimum absolute atomic E-state index is 0.219. The van der Waals surface area contributed by atoms with Gasteiger partial charge in [-0.3, -0.25) is 0 Å². The first kappa shape index (κ1) is 19.1. The van der Waals surface area contributed by atoms with Gasteiger partial charge in [-0.25, -0.2) is 9.59 Å². The first-order valence-electron chi connectivity index (χ1n) is 8.09. The molecule has 0 amide bonds. The van der Waals surface area contributed by atoms with Crippen LogP contribution in [-0.2, 0) is 19.1 Å². The zero-order chi connectivity index (χ0) is 18.9. The number of ether oxygens (including phenoxy) is 2. The number of carbonyl (C=O) groups excluding carboxylic acids is 2. The van der Waals surface area contributed by atoms with Crippen LogP contribution in [0, 0.1) is 5.92 Å². The van der Waals surface area contributed by atoms with E-state index in [4.69, 9.17) is 9.47 Å². The number of fused-ring (bicyclic) bond motifs is 1. The fourth-order valence-corrected chi connectivity index (χ4v) is 3.06. The lowest BCUT2D eigenvalue weighted by Crippen LogP contribution is -2.35. The Morgan fingerprint density at radius 1 is 1.32 bits per heavy atom. The van der Waals surface area contributed by atoms with Crippen LogP contribution in [0.1, 0.15) is 27.2 Å². The molecule has 2 rings (SSSR count). The third-order valence-corrected chi connectivity index (χ3v) is 4.46. The Morgan fingerprint density at radius 3 is 2.56 bits per heavy atom. The third-order valence-electron chi connectivity index (χ3n) is 4.46. The van der Waals surface area contributed by atoms with Gasteiger partial charge < -0.3 is 19.7 Å². The molecule has 0 aromatic carbocycles. The van der Waals surface area contributed by atoms with E-state index in [-0.39, 0.29) is 17.6 Å². The summed E-state index contributed by atoms with van der Waals surface area (Å²) in [5.41, 5.74) is 1.64. The number of hydrogen-bond donors (Lipinski definition) is 2. The summed E-state index contributed by atoms with van der Waals surface area (Å²) >= 11 is 0. The van der Waals surface area contributed by atoms with Gasteiger partial charge in [-0.2, -0.15) is 0 Å². The van der Waals surface area contributed by atoms with Crippen LogP contribution in [-0.4, -0.2) is 46.6 Å². The van der Waals surface area contributed by atoms with Gasteiger partial charge in [0, 0.05) is 17.6 Å². The molecule has 0 radical (unpaired) electrons. The largest absolute Gasteiger partial charge is 0.458 e. The zero-order valence-corrected chi connectivity index (χ0v) is 14.7. The Balaban J connectivity index is 2.47. The molecule has 2 N–H and O–H groups in total. The predicted molar refractivity (Wildman–Crippen MR) is 91.3 cm³/mol. The van der Waals surface area contributed by atoms with Gasteiger partial charge in [-0.05, 0) is 32.4 Å². The standard InChI is InChI=1S/C19H24O6/c1-9(2)18(22)24-14-7-10(3)6-13(20)17(21)11(4)8-15-16(14)12(5)19(23)25-15/h6,8,13-17,20-21H,1,5,7H2,2-4H3/b10-6+,11-8+/t13-,14-,15-,16-,17-/m1/s1. The Labute approximate surface area is 147 Å². The van der Waals surface area contributed by atoms with Gasteiger partial charge in [0.25, 0.3) is 0 Å². The second kappa shape index (κ2) is 7.37. The van der Waals surface area contributed by atoms with E-state index in [0.717, 1.165) is 0 Å². The smallest absolute Gasteiger partial charge is 0.334 e. The molecule has 5 atom stereocenters. The molecule has 6 heteroatoms. The van der Waals surface area contributed by atoms with Crippen LogP contribution in [0.2, 0.25) is 0 Å². The lowest BCUT2D eigenvalue weighted by Gasteiger charge is -2.28. The van der Waals surface area contributed by atoms with E-state index in [1.165, 1.54) is 13.0 Å². The Morgan fingerprint density at radius 2 is 1.96 bits per heavy atom. The van der Waals surface area contributed by atoms with Crippen molar-refractivity contribution in [3.05, 3.63) is 47.6 Å². The average Bonchev–Trinajstić information content (AvgIpc) is 2.79. The minimum Gasteiger partial charge on any atom is -0.458 e. The summed E-state index contributed by atoms with van der Waals surface area (Å²) in [6.07, 6.45) is -0.281. The van der Waals surface area contributed by atoms with Crippen molar-refractivity contribution in [2.45, 2.75) is 51.6 Å². The maximum absolute atomic E-state index is 12.0. The van der Waals surface area contributed by atoms with Gasteiger partial charge in [0.1, 0.15) is 24.4 Å². The lowest BCUT2D eigenvalue weighted by molar-refractivity contribution is -0.147. The van der Waals surface area contributed by atoms with Crippen molar-refractivity contribution in [1.29, 1.82) is 0 Å². The summed E-state index contributed by atoms with van der Waals surface area (Å²) in [7, 11) is 0. The number of aliphatic hydroxyl groups is 2. The summed E-state index contributed by atoms with van der Waals surface area (Å²) in [5, 5.41) is 20.3. The van der Waals surface area contributed by atoms with Crippen LogP contribution in [0.4, 0.5) is 0 Å². The van der Waals surface area contributed by atoms with Gasteiger partial charge in [0.2, 0.25) is 0 Å². The summed E-state index contributed by atoms with van der Waals surface area (Å²) in [5.74, 6) is -1.70. The van der Waals surface area contributed by atoms with Crippen LogP contribution in [0.3, 0.4) is 0 Å². The van der Waals surface area contributed by atoms with Crippen LogP contribution in [0.15, 0.2) is 47.6 Å². The van der Waals surface area contributed by atoms with Crippen molar-refractivity contribution in [1.82, 2.24) is 0 Å². The van der Waals surface area contributed by atoms with Crippen LogP contribution < -0.4 is 0 Å². The fraction of sp³-hybridized carbons (Fsp3) is 0.474. The average molecular weight is 348 g/mol. The normalized spacial score (nSPS) is 37.1. The molecule has 0 aromatic heterocycles. The molecule has 0 unspecified atom stereocenters. The second-order valence-electron chi connectivity index (χ2n) is 6.71. The van der Waals surface area contributed by atoms with Crippen molar-refractivity contribution >= 4 is 11.9 Å². The summed E-state index contributed by atoms with van der Waals surface area (Å²) in [6.45, 7) is 12.3. The molecule has 1 saturated heterocycles. The van der Waals surface area contributed by atoms with Crippen molar-refractivity contribution in [2.75, 3.05) is 0 Å².